The molecule has 3 N–H and O–H groups in total. The van der Waals surface area contributed by atoms with Gasteiger partial charge >= 0.3 is 5.97 Å². The fourth-order valence-corrected chi connectivity index (χ4v) is 1.32. The Morgan fingerprint density at radius 1 is 1.38 bits per heavy atom. The van der Waals surface area contributed by atoms with Crippen molar-refractivity contribution in [3.63, 3.8) is 0 Å². The molecule has 0 saturated heterocycles. The Morgan fingerprint density at radius 2 is 1.94 bits per heavy atom. The minimum atomic E-state index is -1.06. The van der Waals surface area contributed by atoms with Gasteiger partial charge in [-0.3, -0.25) is 10.1 Å². The number of methoxy groups -OCH3 is 1. The van der Waals surface area contributed by atoms with Gasteiger partial charge in [0, 0.05) is 13.1 Å². The lowest BCUT2D eigenvalue weighted by Crippen LogP contribution is -2.49. The standard InChI is InChI=1S/C10H21N3O3/c1-4-13(5-2)7-6-12-8(9(11)14)10(15)16-3/h8,12H,4-7H2,1-3H3,(H2,11,14). The third kappa shape index (κ3) is 5.09. The molecule has 0 aromatic heterocycles. The molecule has 1 unspecified atom stereocenters. The van der Waals surface area contributed by atoms with Gasteiger partial charge in [0.2, 0.25) is 5.91 Å². The zero-order chi connectivity index (χ0) is 12.6. The van der Waals surface area contributed by atoms with Crippen LogP contribution in [0.3, 0.4) is 0 Å². The summed E-state index contributed by atoms with van der Waals surface area (Å²) in [4.78, 5) is 24.3. The van der Waals surface area contributed by atoms with Crippen molar-refractivity contribution < 1.29 is 14.3 Å². The number of esters is 1. The lowest BCUT2D eigenvalue weighted by molar-refractivity contribution is -0.146. The summed E-state index contributed by atoms with van der Waals surface area (Å²) in [6.45, 7) is 7.23. The van der Waals surface area contributed by atoms with E-state index in [2.05, 4.69) is 28.8 Å². The Morgan fingerprint density at radius 3 is 2.31 bits per heavy atom. The molecule has 1 amide bonds. The van der Waals surface area contributed by atoms with Crippen molar-refractivity contribution in [1.29, 1.82) is 0 Å². The van der Waals surface area contributed by atoms with Gasteiger partial charge in [-0.15, -0.1) is 0 Å². The van der Waals surface area contributed by atoms with Crippen LogP contribution in [0.1, 0.15) is 13.8 Å². The lowest BCUT2D eigenvalue weighted by atomic mass is 10.3. The molecule has 0 aliphatic carbocycles. The predicted molar refractivity (Wildman–Crippen MR) is 60.8 cm³/mol. The number of nitrogens with zero attached hydrogens (tertiary/aromatic N) is 1. The summed E-state index contributed by atoms with van der Waals surface area (Å²) in [6, 6.07) is -1.06. The SMILES string of the molecule is CCN(CC)CCNC(C(N)=O)C(=O)OC. The zero-order valence-corrected chi connectivity index (χ0v) is 10.2. The van der Waals surface area contributed by atoms with Crippen molar-refractivity contribution in [2.45, 2.75) is 19.9 Å². The summed E-state index contributed by atoms with van der Waals surface area (Å²) in [7, 11) is 1.23. The van der Waals surface area contributed by atoms with E-state index in [-0.39, 0.29) is 0 Å². The van der Waals surface area contributed by atoms with Crippen LogP contribution in [0.5, 0.6) is 0 Å². The van der Waals surface area contributed by atoms with Gasteiger partial charge in [-0.1, -0.05) is 13.8 Å². The first-order valence-electron chi connectivity index (χ1n) is 5.39. The molecule has 1 atom stereocenters. The average Bonchev–Trinajstić information content (AvgIpc) is 2.28. The van der Waals surface area contributed by atoms with Crippen molar-refractivity contribution >= 4 is 11.9 Å². The van der Waals surface area contributed by atoms with Crippen LogP contribution in [0.25, 0.3) is 0 Å². The Bertz CT molecular complexity index is 229. The predicted octanol–water partition coefficient (Wildman–Crippen LogP) is -1.06. The largest absolute Gasteiger partial charge is 0.467 e. The molecule has 94 valence electrons. The Kier molecular flexibility index (Phi) is 7.49. The summed E-state index contributed by atoms with van der Waals surface area (Å²) in [5.74, 6) is -1.36. The van der Waals surface area contributed by atoms with Crippen LogP contribution in [-0.2, 0) is 14.3 Å². The number of primary amides is 1. The van der Waals surface area contributed by atoms with E-state index in [1.807, 2.05) is 0 Å². The number of amides is 1. The van der Waals surface area contributed by atoms with Crippen LogP contribution < -0.4 is 11.1 Å². The first-order chi connectivity index (χ1) is 7.56. The molecule has 0 bridgehead atoms. The fraction of sp³-hybridized carbons (Fsp3) is 0.800. The van der Waals surface area contributed by atoms with Crippen LogP contribution in [0.15, 0.2) is 0 Å². The summed E-state index contributed by atoms with van der Waals surface area (Å²) in [6.07, 6.45) is 0. The Labute approximate surface area is 96.1 Å². The maximum atomic E-state index is 11.2. The van der Waals surface area contributed by atoms with Crippen molar-refractivity contribution in [2.24, 2.45) is 5.73 Å². The smallest absolute Gasteiger partial charge is 0.332 e. The molecule has 0 rings (SSSR count). The molecule has 6 nitrogen and oxygen atoms in total. The van der Waals surface area contributed by atoms with Gasteiger partial charge in [0.15, 0.2) is 6.04 Å². The normalized spacial score (nSPS) is 12.5. The quantitative estimate of drug-likeness (QED) is 0.411. The molecule has 0 spiro atoms. The van der Waals surface area contributed by atoms with E-state index < -0.39 is 17.9 Å². The van der Waals surface area contributed by atoms with E-state index in [1.165, 1.54) is 7.11 Å². The summed E-state index contributed by atoms with van der Waals surface area (Å²) in [5.41, 5.74) is 5.08. The third-order valence-corrected chi connectivity index (χ3v) is 2.39. The molecule has 0 aliphatic rings. The highest BCUT2D eigenvalue weighted by molar-refractivity contribution is 6.01. The van der Waals surface area contributed by atoms with Crippen LogP contribution in [0, 0.1) is 0 Å². The minimum absolute atomic E-state index is 0.518. The van der Waals surface area contributed by atoms with Gasteiger partial charge in [0.25, 0.3) is 0 Å². The van der Waals surface area contributed by atoms with Crippen molar-refractivity contribution in [3.05, 3.63) is 0 Å². The third-order valence-electron chi connectivity index (χ3n) is 2.39. The van der Waals surface area contributed by atoms with Gasteiger partial charge in [-0.05, 0) is 13.1 Å². The molecular formula is C10H21N3O3. The van der Waals surface area contributed by atoms with Crippen molar-refractivity contribution in [2.75, 3.05) is 33.3 Å². The molecule has 0 aromatic rings. The number of hydrogen-bond acceptors (Lipinski definition) is 5. The van der Waals surface area contributed by atoms with Gasteiger partial charge in [0.05, 0.1) is 7.11 Å². The second-order valence-corrected chi connectivity index (χ2v) is 3.34. The van der Waals surface area contributed by atoms with Crippen LogP contribution >= 0.6 is 0 Å². The monoisotopic (exact) mass is 231 g/mol. The van der Waals surface area contributed by atoms with E-state index in [0.29, 0.717) is 6.54 Å². The van der Waals surface area contributed by atoms with Crippen LogP contribution in [0.4, 0.5) is 0 Å². The van der Waals surface area contributed by atoms with E-state index in [0.717, 1.165) is 19.6 Å². The summed E-state index contributed by atoms with van der Waals surface area (Å²) >= 11 is 0. The van der Waals surface area contributed by atoms with E-state index in [4.69, 9.17) is 5.73 Å². The Hall–Kier alpha value is -1.14. The summed E-state index contributed by atoms with van der Waals surface area (Å²) in [5, 5.41) is 2.78. The molecule has 0 radical (unpaired) electrons. The highest BCUT2D eigenvalue weighted by Gasteiger charge is 2.24. The van der Waals surface area contributed by atoms with Gasteiger partial charge in [-0.2, -0.15) is 0 Å². The van der Waals surface area contributed by atoms with Gasteiger partial charge in [0.1, 0.15) is 0 Å². The van der Waals surface area contributed by atoms with Crippen molar-refractivity contribution in [1.82, 2.24) is 10.2 Å². The first-order valence-corrected chi connectivity index (χ1v) is 5.39. The van der Waals surface area contributed by atoms with E-state index >= 15 is 0 Å². The number of likely N-dealkylation sites (N-methyl/N-ethyl adjacent to an activating group) is 1. The number of nitrogens with one attached hydrogen (secondary N) is 1. The number of carbonyl (C=O) groups is 2. The number of hydrogen-bond donors (Lipinski definition) is 2. The van der Waals surface area contributed by atoms with Crippen LogP contribution in [-0.4, -0.2) is 56.1 Å². The summed E-state index contributed by atoms with van der Waals surface area (Å²) < 4.78 is 4.47. The maximum Gasteiger partial charge on any atom is 0.332 e. The fourth-order valence-electron chi connectivity index (χ4n) is 1.32. The Balaban J connectivity index is 4.03. The van der Waals surface area contributed by atoms with Crippen molar-refractivity contribution in [3.8, 4) is 0 Å². The molecule has 6 heteroatoms. The number of rotatable bonds is 8. The second kappa shape index (κ2) is 8.06. The van der Waals surface area contributed by atoms with Gasteiger partial charge < -0.3 is 15.4 Å². The molecule has 0 aliphatic heterocycles. The average molecular weight is 231 g/mol. The van der Waals surface area contributed by atoms with E-state index in [1.54, 1.807) is 0 Å². The number of nitrogens with two attached hydrogens (primary N) is 1. The highest BCUT2D eigenvalue weighted by Crippen LogP contribution is 1.89. The second-order valence-electron chi connectivity index (χ2n) is 3.34. The first kappa shape index (κ1) is 14.9. The topological polar surface area (TPSA) is 84.7 Å². The molecule has 16 heavy (non-hydrogen) atoms. The molecular weight excluding hydrogens is 210 g/mol. The number of carbonyl (C=O) groups excluding carboxylic acids is 2. The number of ether oxygens (including phenoxy) is 1. The molecule has 0 aromatic carbocycles. The zero-order valence-electron chi connectivity index (χ0n) is 10.2. The van der Waals surface area contributed by atoms with Crippen LogP contribution in [0.2, 0.25) is 0 Å². The minimum Gasteiger partial charge on any atom is -0.467 e. The highest BCUT2D eigenvalue weighted by atomic mass is 16.5. The molecule has 0 heterocycles. The molecule has 0 fully saturated rings. The molecule has 0 saturated carbocycles. The maximum absolute atomic E-state index is 11.2. The van der Waals surface area contributed by atoms with E-state index in [9.17, 15) is 9.59 Å². The lowest BCUT2D eigenvalue weighted by Gasteiger charge is -2.19. The van der Waals surface area contributed by atoms with Gasteiger partial charge in [-0.25, -0.2) is 4.79 Å².